The molecule has 7 nitrogen and oxygen atoms in total. The first-order valence-electron chi connectivity index (χ1n) is 15.2. The van der Waals surface area contributed by atoms with E-state index in [-0.39, 0.29) is 18.1 Å². The van der Waals surface area contributed by atoms with E-state index in [0.29, 0.717) is 48.1 Å². The van der Waals surface area contributed by atoms with Crippen LogP contribution in [0, 0.1) is 5.92 Å². The highest BCUT2D eigenvalue weighted by atomic mass is 16.5. The summed E-state index contributed by atoms with van der Waals surface area (Å²) in [7, 11) is 0. The lowest BCUT2D eigenvalue weighted by Gasteiger charge is -2.23. The highest BCUT2D eigenvalue weighted by Crippen LogP contribution is 2.30. The summed E-state index contributed by atoms with van der Waals surface area (Å²) in [5, 5.41) is 13.0. The molecular formula is C37H38N2O5. The fourth-order valence-electron chi connectivity index (χ4n) is 5.15. The number of para-hydroxylation sites is 1. The lowest BCUT2D eigenvalue weighted by Crippen LogP contribution is -2.35. The zero-order valence-electron chi connectivity index (χ0n) is 24.7. The van der Waals surface area contributed by atoms with Gasteiger partial charge in [-0.05, 0) is 60.6 Å². The minimum atomic E-state index is -1.01. The Morgan fingerprint density at radius 2 is 1.48 bits per heavy atom. The van der Waals surface area contributed by atoms with Crippen molar-refractivity contribution in [2.45, 2.75) is 38.1 Å². The Balaban J connectivity index is 1.13. The highest BCUT2D eigenvalue weighted by Gasteiger charge is 2.26. The van der Waals surface area contributed by atoms with Gasteiger partial charge in [-0.2, -0.15) is 0 Å². The third-order valence-electron chi connectivity index (χ3n) is 7.77. The van der Waals surface area contributed by atoms with Gasteiger partial charge in [0.25, 0.3) is 0 Å². The molecule has 0 radical (unpaired) electrons. The molecule has 4 aromatic carbocycles. The number of ketones is 1. The van der Waals surface area contributed by atoms with E-state index in [4.69, 9.17) is 4.74 Å². The van der Waals surface area contributed by atoms with Crippen LogP contribution in [0.3, 0.4) is 0 Å². The number of benzene rings is 4. The second-order valence-electron chi connectivity index (χ2n) is 11.3. The Hall–Kier alpha value is -4.91. The van der Waals surface area contributed by atoms with Crippen molar-refractivity contribution in [2.75, 3.05) is 25.0 Å². The van der Waals surface area contributed by atoms with Gasteiger partial charge in [-0.15, -0.1) is 0 Å². The molecule has 1 aliphatic rings. The Labute approximate surface area is 258 Å². The topological polar surface area (TPSA) is 95.9 Å². The first kappa shape index (κ1) is 30.5. The van der Waals surface area contributed by atoms with Crippen molar-refractivity contribution < 1.29 is 24.2 Å². The average molecular weight is 591 g/mol. The number of carbonyl (C=O) groups excluding carboxylic acids is 2. The second kappa shape index (κ2) is 15.0. The number of anilines is 1. The molecule has 1 atom stereocenters. The zero-order valence-corrected chi connectivity index (χ0v) is 24.7. The quantitative estimate of drug-likeness (QED) is 0.118. The molecule has 1 fully saturated rings. The number of amides is 1. The molecule has 0 heterocycles. The van der Waals surface area contributed by atoms with Crippen LogP contribution in [0.5, 0.6) is 5.75 Å². The van der Waals surface area contributed by atoms with Gasteiger partial charge in [0.15, 0.2) is 5.78 Å². The van der Waals surface area contributed by atoms with E-state index in [1.54, 1.807) is 48.5 Å². The van der Waals surface area contributed by atoms with Crippen LogP contribution in [0.25, 0.3) is 0 Å². The predicted octanol–water partition coefficient (Wildman–Crippen LogP) is 6.28. The number of nitrogens with one attached hydrogen (secondary N) is 1. The predicted molar refractivity (Wildman–Crippen MR) is 171 cm³/mol. The number of rotatable bonds is 16. The first-order valence-corrected chi connectivity index (χ1v) is 15.2. The molecule has 0 saturated heterocycles. The molecule has 0 bridgehead atoms. The molecule has 5 rings (SSSR count). The summed E-state index contributed by atoms with van der Waals surface area (Å²) in [6, 6.07) is 32.2. The monoisotopic (exact) mass is 590 g/mol. The van der Waals surface area contributed by atoms with Crippen LogP contribution in [-0.2, 0) is 22.4 Å². The summed E-state index contributed by atoms with van der Waals surface area (Å²) in [5.74, 6) is 0.281. The highest BCUT2D eigenvalue weighted by molar-refractivity contribution is 6.12. The van der Waals surface area contributed by atoms with Gasteiger partial charge >= 0.3 is 5.97 Å². The Kier molecular flexibility index (Phi) is 10.4. The Morgan fingerprint density at radius 1 is 0.818 bits per heavy atom. The third-order valence-corrected chi connectivity index (χ3v) is 7.77. The van der Waals surface area contributed by atoms with Gasteiger partial charge in [-0.1, -0.05) is 84.9 Å². The molecule has 1 unspecified atom stereocenters. The van der Waals surface area contributed by atoms with E-state index in [0.717, 1.165) is 24.1 Å². The van der Waals surface area contributed by atoms with E-state index >= 15 is 0 Å². The number of aliphatic carboxylic acids is 1. The van der Waals surface area contributed by atoms with Crippen molar-refractivity contribution in [3.8, 4) is 5.75 Å². The van der Waals surface area contributed by atoms with Crippen molar-refractivity contribution in [1.29, 1.82) is 0 Å². The van der Waals surface area contributed by atoms with Crippen LogP contribution in [0.2, 0.25) is 0 Å². The SMILES string of the molecule is O=C(c1ccccc1)c1ccccc1NC(Cc1ccc(OCCCN(CC2CC2)C(=O)Cc2ccccc2)cc1)C(=O)O. The van der Waals surface area contributed by atoms with Gasteiger partial charge in [0, 0.05) is 36.3 Å². The average Bonchev–Trinajstić information content (AvgIpc) is 3.88. The number of hydrogen-bond donors (Lipinski definition) is 2. The molecule has 226 valence electrons. The minimum absolute atomic E-state index is 0.154. The molecule has 1 amide bonds. The fourth-order valence-corrected chi connectivity index (χ4v) is 5.15. The second-order valence-corrected chi connectivity index (χ2v) is 11.3. The lowest BCUT2D eigenvalue weighted by atomic mass is 10.00. The molecule has 0 aromatic heterocycles. The molecule has 0 spiro atoms. The Morgan fingerprint density at radius 3 is 2.16 bits per heavy atom. The maximum absolute atomic E-state index is 13.1. The maximum atomic E-state index is 13.1. The summed E-state index contributed by atoms with van der Waals surface area (Å²) in [6.45, 7) is 1.94. The number of nitrogens with zero attached hydrogens (tertiary/aromatic N) is 1. The van der Waals surface area contributed by atoms with Gasteiger partial charge in [0.2, 0.25) is 5.91 Å². The largest absolute Gasteiger partial charge is 0.494 e. The van der Waals surface area contributed by atoms with E-state index < -0.39 is 12.0 Å². The summed E-state index contributed by atoms with van der Waals surface area (Å²) in [6.07, 6.45) is 3.74. The fraction of sp³-hybridized carbons (Fsp3) is 0.270. The first-order chi connectivity index (χ1) is 21.5. The maximum Gasteiger partial charge on any atom is 0.326 e. The number of ether oxygens (including phenoxy) is 1. The van der Waals surface area contributed by atoms with E-state index in [9.17, 15) is 19.5 Å². The normalized spacial score (nSPS) is 13.1. The molecule has 1 saturated carbocycles. The van der Waals surface area contributed by atoms with Crippen LogP contribution in [-0.4, -0.2) is 53.4 Å². The standard InChI is InChI=1S/C37H38N2O5/c40-35(25-27-10-3-1-4-11-27)39(26-29-16-17-29)22-9-23-44-31-20-18-28(19-21-31)24-34(37(42)43)38-33-15-8-7-14-32(33)36(41)30-12-5-2-6-13-30/h1-8,10-15,18-21,29,34,38H,9,16-17,22-26H2,(H,42,43). The van der Waals surface area contributed by atoms with Crippen LogP contribution in [0.15, 0.2) is 109 Å². The summed E-state index contributed by atoms with van der Waals surface area (Å²) >= 11 is 0. The van der Waals surface area contributed by atoms with E-state index in [1.165, 1.54) is 12.8 Å². The van der Waals surface area contributed by atoms with Crippen LogP contribution in [0.4, 0.5) is 5.69 Å². The Bertz CT molecular complexity index is 1540. The summed E-state index contributed by atoms with van der Waals surface area (Å²) in [5.41, 5.74) is 3.29. The van der Waals surface area contributed by atoms with Crippen molar-refractivity contribution in [3.63, 3.8) is 0 Å². The number of carboxylic acid groups (broad SMARTS) is 1. The van der Waals surface area contributed by atoms with Crippen molar-refractivity contribution in [1.82, 2.24) is 4.90 Å². The van der Waals surface area contributed by atoms with E-state index in [2.05, 4.69) is 5.32 Å². The number of hydrogen-bond acceptors (Lipinski definition) is 5. The molecule has 44 heavy (non-hydrogen) atoms. The lowest BCUT2D eigenvalue weighted by molar-refractivity contribution is -0.138. The smallest absolute Gasteiger partial charge is 0.326 e. The van der Waals surface area contributed by atoms with Crippen LogP contribution >= 0.6 is 0 Å². The van der Waals surface area contributed by atoms with Crippen molar-refractivity contribution >= 4 is 23.3 Å². The van der Waals surface area contributed by atoms with Gasteiger partial charge < -0.3 is 20.1 Å². The van der Waals surface area contributed by atoms with Gasteiger partial charge in [0.05, 0.1) is 13.0 Å². The summed E-state index contributed by atoms with van der Waals surface area (Å²) in [4.78, 5) is 40.2. The summed E-state index contributed by atoms with van der Waals surface area (Å²) < 4.78 is 5.95. The molecule has 0 aliphatic heterocycles. The van der Waals surface area contributed by atoms with Gasteiger partial charge in [0.1, 0.15) is 11.8 Å². The van der Waals surface area contributed by atoms with Crippen molar-refractivity contribution in [2.24, 2.45) is 5.92 Å². The molecular weight excluding hydrogens is 552 g/mol. The number of carboxylic acids is 1. The van der Waals surface area contributed by atoms with Gasteiger partial charge in [-0.25, -0.2) is 4.79 Å². The minimum Gasteiger partial charge on any atom is -0.494 e. The van der Waals surface area contributed by atoms with Gasteiger partial charge in [-0.3, -0.25) is 9.59 Å². The molecule has 7 heteroatoms. The van der Waals surface area contributed by atoms with Crippen LogP contribution < -0.4 is 10.1 Å². The number of carbonyl (C=O) groups is 3. The van der Waals surface area contributed by atoms with E-state index in [1.807, 2.05) is 65.6 Å². The van der Waals surface area contributed by atoms with Crippen LogP contribution in [0.1, 0.15) is 46.3 Å². The molecule has 2 N–H and O–H groups in total. The molecule has 4 aromatic rings. The third kappa shape index (κ3) is 8.80. The molecule has 1 aliphatic carbocycles. The van der Waals surface area contributed by atoms with Crippen molar-refractivity contribution in [3.05, 3.63) is 131 Å². The zero-order chi connectivity index (χ0) is 30.7.